The fraction of sp³-hybridized carbons (Fsp3) is 0.0588. The van der Waals surface area contributed by atoms with Crippen LogP contribution in [0.15, 0.2) is 58.1 Å². The number of terminal acetylenes is 1. The third kappa shape index (κ3) is 4.76. The molecule has 0 aliphatic carbocycles. The zero-order valence-electron chi connectivity index (χ0n) is 11.6. The monoisotopic (exact) mass is 356 g/mol. The van der Waals surface area contributed by atoms with Crippen LogP contribution in [0.4, 0.5) is 0 Å². The number of rotatable bonds is 5. The lowest BCUT2D eigenvalue weighted by molar-refractivity contribution is 0.0955. The quantitative estimate of drug-likeness (QED) is 0.508. The molecule has 0 saturated carbocycles. The molecular weight excluding hydrogens is 344 g/mol. The average molecular weight is 357 g/mol. The number of carbonyl (C=O) groups is 1. The molecule has 0 aromatic heterocycles. The molecule has 0 aliphatic rings. The first-order chi connectivity index (χ1) is 10.7. The van der Waals surface area contributed by atoms with Crippen LogP contribution in [0.3, 0.4) is 0 Å². The van der Waals surface area contributed by atoms with Gasteiger partial charge in [0.2, 0.25) is 0 Å². The largest absolute Gasteiger partial charge is 0.481 e. The molecule has 110 valence electrons. The van der Waals surface area contributed by atoms with Crippen LogP contribution >= 0.6 is 15.9 Å². The molecule has 0 atom stereocenters. The van der Waals surface area contributed by atoms with Crippen LogP contribution in [-0.4, -0.2) is 18.7 Å². The number of hydrogen-bond acceptors (Lipinski definition) is 3. The lowest BCUT2D eigenvalue weighted by atomic mass is 10.2. The number of benzene rings is 2. The predicted molar refractivity (Wildman–Crippen MR) is 90.0 cm³/mol. The highest BCUT2D eigenvalue weighted by atomic mass is 79.9. The second-order valence-electron chi connectivity index (χ2n) is 4.27. The summed E-state index contributed by atoms with van der Waals surface area (Å²) in [6.07, 6.45) is 6.68. The third-order valence-electron chi connectivity index (χ3n) is 2.67. The van der Waals surface area contributed by atoms with Crippen LogP contribution < -0.4 is 10.2 Å². The van der Waals surface area contributed by atoms with E-state index in [-0.39, 0.29) is 12.5 Å². The second kappa shape index (κ2) is 8.01. The van der Waals surface area contributed by atoms with Crippen molar-refractivity contribution in [3.63, 3.8) is 0 Å². The van der Waals surface area contributed by atoms with E-state index in [1.165, 1.54) is 0 Å². The fourth-order valence-electron chi connectivity index (χ4n) is 1.64. The van der Waals surface area contributed by atoms with Gasteiger partial charge in [0.15, 0.2) is 0 Å². The maximum atomic E-state index is 11.9. The van der Waals surface area contributed by atoms with Gasteiger partial charge in [0.1, 0.15) is 12.4 Å². The molecule has 1 amide bonds. The van der Waals surface area contributed by atoms with Gasteiger partial charge in [-0.25, -0.2) is 5.43 Å². The number of nitrogens with zero attached hydrogens (tertiary/aromatic N) is 1. The molecule has 22 heavy (non-hydrogen) atoms. The van der Waals surface area contributed by atoms with Crippen molar-refractivity contribution >= 4 is 28.1 Å². The molecule has 0 radical (unpaired) electrons. The fourth-order valence-corrected chi connectivity index (χ4v) is 1.91. The number of amides is 1. The van der Waals surface area contributed by atoms with Gasteiger partial charge >= 0.3 is 0 Å². The summed E-state index contributed by atoms with van der Waals surface area (Å²) >= 11 is 3.32. The lowest BCUT2D eigenvalue weighted by Crippen LogP contribution is -2.17. The summed E-state index contributed by atoms with van der Waals surface area (Å²) in [7, 11) is 0. The van der Waals surface area contributed by atoms with Crippen molar-refractivity contribution in [1.29, 1.82) is 0 Å². The molecule has 2 rings (SSSR count). The van der Waals surface area contributed by atoms with Crippen LogP contribution in [0.2, 0.25) is 0 Å². The summed E-state index contributed by atoms with van der Waals surface area (Å²) in [6, 6.07) is 14.3. The Kier molecular flexibility index (Phi) is 5.75. The first kappa shape index (κ1) is 15.8. The number of carbonyl (C=O) groups excluding carboxylic acids is 1. The zero-order valence-corrected chi connectivity index (χ0v) is 13.2. The number of halogens is 1. The Bertz CT molecular complexity index is 718. The molecule has 5 heteroatoms. The van der Waals surface area contributed by atoms with Crippen molar-refractivity contribution in [3.05, 3.63) is 64.1 Å². The van der Waals surface area contributed by atoms with Crippen molar-refractivity contribution in [2.24, 2.45) is 5.10 Å². The number of nitrogens with one attached hydrogen (secondary N) is 1. The first-order valence-corrected chi connectivity index (χ1v) is 7.23. The van der Waals surface area contributed by atoms with Crippen molar-refractivity contribution in [3.8, 4) is 18.1 Å². The summed E-state index contributed by atoms with van der Waals surface area (Å²) in [5.41, 5.74) is 3.80. The van der Waals surface area contributed by atoms with Crippen LogP contribution in [-0.2, 0) is 0 Å². The van der Waals surface area contributed by atoms with Crippen LogP contribution in [0.1, 0.15) is 15.9 Å². The van der Waals surface area contributed by atoms with E-state index in [9.17, 15) is 4.79 Å². The van der Waals surface area contributed by atoms with Gasteiger partial charge < -0.3 is 4.74 Å². The minimum absolute atomic E-state index is 0.209. The minimum atomic E-state index is -0.275. The van der Waals surface area contributed by atoms with E-state index >= 15 is 0 Å². The Hall–Kier alpha value is -2.58. The minimum Gasteiger partial charge on any atom is -0.481 e. The average Bonchev–Trinajstić information content (AvgIpc) is 2.54. The van der Waals surface area contributed by atoms with Gasteiger partial charge in [-0.05, 0) is 42.0 Å². The molecule has 0 heterocycles. The van der Waals surface area contributed by atoms with Gasteiger partial charge in [-0.3, -0.25) is 4.79 Å². The van der Waals surface area contributed by atoms with Crippen molar-refractivity contribution in [2.45, 2.75) is 0 Å². The third-order valence-corrected chi connectivity index (χ3v) is 3.20. The zero-order chi connectivity index (χ0) is 15.8. The highest BCUT2D eigenvalue weighted by Crippen LogP contribution is 2.12. The smallest absolute Gasteiger partial charge is 0.271 e. The highest BCUT2D eigenvalue weighted by molar-refractivity contribution is 9.10. The molecule has 0 spiro atoms. The maximum Gasteiger partial charge on any atom is 0.271 e. The predicted octanol–water partition coefficient (Wildman–Crippen LogP) is 3.23. The van der Waals surface area contributed by atoms with E-state index in [1.54, 1.807) is 42.6 Å². The van der Waals surface area contributed by atoms with E-state index in [1.807, 2.05) is 12.1 Å². The molecule has 2 aromatic rings. The molecular formula is C17H13BrN2O2. The topological polar surface area (TPSA) is 50.7 Å². The maximum absolute atomic E-state index is 11.9. The summed E-state index contributed by atoms with van der Waals surface area (Å²) in [5.74, 6) is 2.78. The van der Waals surface area contributed by atoms with E-state index in [2.05, 4.69) is 32.4 Å². The Morgan fingerprint density at radius 2 is 2.09 bits per heavy atom. The highest BCUT2D eigenvalue weighted by Gasteiger charge is 2.03. The van der Waals surface area contributed by atoms with Crippen LogP contribution in [0, 0.1) is 12.3 Å². The Morgan fingerprint density at radius 1 is 1.32 bits per heavy atom. The van der Waals surface area contributed by atoms with Crippen LogP contribution in [0.25, 0.3) is 0 Å². The van der Waals surface area contributed by atoms with Gasteiger partial charge in [0, 0.05) is 10.0 Å². The normalized spacial score (nSPS) is 10.2. The van der Waals surface area contributed by atoms with Crippen molar-refractivity contribution in [1.82, 2.24) is 5.43 Å². The van der Waals surface area contributed by atoms with E-state index in [0.29, 0.717) is 11.3 Å². The first-order valence-electron chi connectivity index (χ1n) is 6.44. The molecule has 2 aromatic carbocycles. The van der Waals surface area contributed by atoms with Gasteiger partial charge in [-0.1, -0.05) is 34.0 Å². The Balaban J connectivity index is 1.96. The Labute approximate surface area is 137 Å². The van der Waals surface area contributed by atoms with Crippen molar-refractivity contribution in [2.75, 3.05) is 6.61 Å². The van der Waals surface area contributed by atoms with E-state index < -0.39 is 0 Å². The van der Waals surface area contributed by atoms with E-state index in [0.717, 1.165) is 10.0 Å². The summed E-state index contributed by atoms with van der Waals surface area (Å²) < 4.78 is 6.23. The molecule has 0 bridgehead atoms. The lowest BCUT2D eigenvalue weighted by Gasteiger charge is -2.03. The summed E-state index contributed by atoms with van der Waals surface area (Å²) in [4.78, 5) is 11.9. The van der Waals surface area contributed by atoms with Gasteiger partial charge in [-0.2, -0.15) is 5.10 Å². The van der Waals surface area contributed by atoms with Crippen LogP contribution in [0.5, 0.6) is 5.75 Å². The molecule has 0 unspecified atom stereocenters. The molecule has 0 fully saturated rings. The summed E-state index contributed by atoms with van der Waals surface area (Å²) in [5, 5.41) is 3.93. The van der Waals surface area contributed by atoms with Crippen molar-refractivity contribution < 1.29 is 9.53 Å². The molecule has 0 aliphatic heterocycles. The Morgan fingerprint density at radius 3 is 2.82 bits per heavy atom. The molecule has 0 saturated heterocycles. The summed E-state index contributed by atoms with van der Waals surface area (Å²) in [6.45, 7) is 0.209. The number of hydrogen-bond donors (Lipinski definition) is 1. The molecule has 4 nitrogen and oxygen atoms in total. The van der Waals surface area contributed by atoms with Gasteiger partial charge in [-0.15, -0.1) is 6.42 Å². The second-order valence-corrected chi connectivity index (χ2v) is 5.19. The molecule has 1 N–H and O–H groups in total. The number of ether oxygens (including phenoxy) is 1. The standard InChI is InChI=1S/C17H13BrN2O2/c1-2-10-22-16-5-3-4-13(11-16)12-19-20-17(21)14-6-8-15(18)9-7-14/h1,3-9,11-12H,10H2,(H,20,21)/b19-12-. The van der Waals surface area contributed by atoms with E-state index in [4.69, 9.17) is 11.2 Å². The number of hydrazone groups is 1. The van der Waals surface area contributed by atoms with Gasteiger partial charge in [0.25, 0.3) is 5.91 Å². The SMILES string of the molecule is C#CCOc1cccc(/C=N\NC(=O)c2ccc(Br)cc2)c1. The van der Waals surface area contributed by atoms with Gasteiger partial charge in [0.05, 0.1) is 6.21 Å².